The van der Waals surface area contributed by atoms with Crippen LogP contribution in [0.5, 0.6) is 0 Å². The smallest absolute Gasteiger partial charge is 0.0409 e. The molecular weight excluding hydrogens is 158 g/mol. The van der Waals surface area contributed by atoms with E-state index in [1.54, 1.807) is 0 Å². The van der Waals surface area contributed by atoms with Gasteiger partial charge in [0.25, 0.3) is 0 Å². The molecule has 0 bridgehead atoms. The monoisotopic (exact) mass is 169 g/mol. The third-order valence-electron chi connectivity index (χ3n) is 1.73. The number of hydrogen-bond donors (Lipinski definition) is 1. The Morgan fingerprint density at radius 3 is 2.55 bits per heavy atom. The van der Waals surface area contributed by atoms with E-state index in [-0.39, 0.29) is 6.04 Å². The lowest BCUT2D eigenvalue weighted by atomic mass is 10.0. The van der Waals surface area contributed by atoms with Crippen molar-refractivity contribution in [2.24, 2.45) is 5.73 Å². The zero-order valence-electron chi connectivity index (χ0n) is 6.76. The van der Waals surface area contributed by atoms with Gasteiger partial charge >= 0.3 is 0 Å². The Morgan fingerprint density at radius 2 is 2.09 bits per heavy atom. The van der Waals surface area contributed by atoms with Crippen molar-refractivity contribution in [3.05, 3.63) is 34.3 Å². The van der Waals surface area contributed by atoms with Crippen LogP contribution in [0.2, 0.25) is 5.02 Å². The highest BCUT2D eigenvalue weighted by molar-refractivity contribution is 6.30. The van der Waals surface area contributed by atoms with Crippen LogP contribution in [-0.2, 0) is 0 Å². The Kier molecular flexibility index (Phi) is 2.53. The van der Waals surface area contributed by atoms with Crippen LogP contribution in [0.4, 0.5) is 0 Å². The highest BCUT2D eigenvalue weighted by atomic mass is 35.5. The molecule has 1 aromatic rings. The fraction of sp³-hybridized carbons (Fsp3) is 0.333. The summed E-state index contributed by atoms with van der Waals surface area (Å²) >= 11 is 5.81. The highest BCUT2D eigenvalue weighted by Gasteiger charge is 2.02. The summed E-state index contributed by atoms with van der Waals surface area (Å²) in [6.07, 6.45) is 0. The van der Waals surface area contributed by atoms with E-state index in [4.69, 9.17) is 17.3 Å². The van der Waals surface area contributed by atoms with E-state index in [1.807, 2.05) is 32.0 Å². The van der Waals surface area contributed by atoms with Crippen molar-refractivity contribution in [1.29, 1.82) is 0 Å². The van der Waals surface area contributed by atoms with Crippen LogP contribution in [0.1, 0.15) is 24.1 Å². The summed E-state index contributed by atoms with van der Waals surface area (Å²) in [5.41, 5.74) is 8.05. The predicted molar refractivity (Wildman–Crippen MR) is 48.8 cm³/mol. The Hall–Kier alpha value is -0.530. The summed E-state index contributed by atoms with van der Waals surface area (Å²) in [6.45, 7) is 3.99. The molecule has 1 rings (SSSR count). The van der Waals surface area contributed by atoms with E-state index in [0.717, 1.165) is 10.6 Å². The van der Waals surface area contributed by atoms with E-state index in [1.165, 1.54) is 5.56 Å². The first-order valence-corrected chi connectivity index (χ1v) is 4.00. The van der Waals surface area contributed by atoms with Crippen LogP contribution in [0.3, 0.4) is 0 Å². The van der Waals surface area contributed by atoms with Gasteiger partial charge < -0.3 is 5.73 Å². The second-order valence-electron chi connectivity index (χ2n) is 2.79. The van der Waals surface area contributed by atoms with Crippen molar-refractivity contribution in [1.82, 2.24) is 0 Å². The summed E-state index contributed by atoms with van der Waals surface area (Å²) < 4.78 is 0. The van der Waals surface area contributed by atoms with Crippen molar-refractivity contribution in [2.45, 2.75) is 19.9 Å². The lowest BCUT2D eigenvalue weighted by Crippen LogP contribution is -2.06. The minimum absolute atomic E-state index is 0.0636. The molecule has 0 saturated carbocycles. The van der Waals surface area contributed by atoms with Gasteiger partial charge in [-0.3, -0.25) is 0 Å². The largest absolute Gasteiger partial charge is 0.324 e. The topological polar surface area (TPSA) is 26.0 Å². The van der Waals surface area contributed by atoms with Gasteiger partial charge in [-0.1, -0.05) is 17.7 Å². The number of aryl methyl sites for hydroxylation is 1. The maximum Gasteiger partial charge on any atom is 0.0409 e. The number of rotatable bonds is 1. The van der Waals surface area contributed by atoms with Gasteiger partial charge in [-0.2, -0.15) is 0 Å². The Bertz CT molecular complexity index is 256. The van der Waals surface area contributed by atoms with Crippen molar-refractivity contribution >= 4 is 11.6 Å². The van der Waals surface area contributed by atoms with Gasteiger partial charge in [-0.05, 0) is 37.1 Å². The van der Waals surface area contributed by atoms with Crippen molar-refractivity contribution < 1.29 is 0 Å². The van der Waals surface area contributed by atoms with E-state index in [9.17, 15) is 0 Å². The lowest BCUT2D eigenvalue weighted by molar-refractivity contribution is 0.810. The van der Waals surface area contributed by atoms with E-state index < -0.39 is 0 Å². The molecule has 1 atom stereocenters. The molecule has 0 spiro atoms. The van der Waals surface area contributed by atoms with Crippen LogP contribution in [-0.4, -0.2) is 0 Å². The summed E-state index contributed by atoms with van der Waals surface area (Å²) in [7, 11) is 0. The van der Waals surface area contributed by atoms with Gasteiger partial charge in [0.15, 0.2) is 0 Å². The van der Waals surface area contributed by atoms with Crippen LogP contribution in [0.25, 0.3) is 0 Å². The SMILES string of the molecule is Cc1ccc(Cl)cc1[C@H](C)N. The first kappa shape index (κ1) is 8.57. The van der Waals surface area contributed by atoms with Crippen LogP contribution >= 0.6 is 11.6 Å². The summed E-state index contributed by atoms with van der Waals surface area (Å²) in [5, 5.41) is 0.753. The second kappa shape index (κ2) is 3.24. The predicted octanol–water partition coefficient (Wildman–Crippen LogP) is 2.67. The van der Waals surface area contributed by atoms with Gasteiger partial charge in [0.2, 0.25) is 0 Å². The molecule has 0 aliphatic heterocycles. The van der Waals surface area contributed by atoms with Crippen molar-refractivity contribution in [2.75, 3.05) is 0 Å². The van der Waals surface area contributed by atoms with Gasteiger partial charge in [-0.25, -0.2) is 0 Å². The number of halogens is 1. The molecule has 0 aromatic heterocycles. The van der Waals surface area contributed by atoms with E-state index in [0.29, 0.717) is 0 Å². The Morgan fingerprint density at radius 1 is 1.45 bits per heavy atom. The third kappa shape index (κ3) is 1.95. The molecule has 1 nitrogen and oxygen atoms in total. The van der Waals surface area contributed by atoms with E-state index in [2.05, 4.69) is 0 Å². The summed E-state index contributed by atoms with van der Waals surface area (Å²) in [4.78, 5) is 0. The highest BCUT2D eigenvalue weighted by Crippen LogP contribution is 2.19. The average molecular weight is 170 g/mol. The minimum atomic E-state index is 0.0636. The molecule has 0 saturated heterocycles. The molecule has 60 valence electrons. The number of nitrogens with two attached hydrogens (primary N) is 1. The molecule has 0 radical (unpaired) electrons. The first-order chi connectivity index (χ1) is 5.11. The van der Waals surface area contributed by atoms with Crippen LogP contribution in [0.15, 0.2) is 18.2 Å². The van der Waals surface area contributed by atoms with Gasteiger partial charge in [0.1, 0.15) is 0 Å². The maximum absolute atomic E-state index is 5.81. The van der Waals surface area contributed by atoms with Crippen LogP contribution < -0.4 is 5.73 Å². The average Bonchev–Trinajstić information content (AvgIpc) is 1.94. The summed E-state index contributed by atoms with van der Waals surface area (Å²) in [6, 6.07) is 5.85. The Labute approximate surface area is 72.2 Å². The normalized spacial score (nSPS) is 13.1. The fourth-order valence-corrected chi connectivity index (χ4v) is 1.28. The molecular formula is C9H12ClN. The molecule has 11 heavy (non-hydrogen) atoms. The quantitative estimate of drug-likeness (QED) is 0.688. The zero-order valence-corrected chi connectivity index (χ0v) is 7.52. The second-order valence-corrected chi connectivity index (χ2v) is 3.23. The lowest BCUT2D eigenvalue weighted by Gasteiger charge is -2.09. The molecule has 0 aliphatic carbocycles. The van der Waals surface area contributed by atoms with Crippen molar-refractivity contribution in [3.63, 3.8) is 0 Å². The number of benzene rings is 1. The van der Waals surface area contributed by atoms with Gasteiger partial charge in [-0.15, -0.1) is 0 Å². The molecule has 1 aromatic carbocycles. The Balaban J connectivity index is 3.13. The number of hydrogen-bond acceptors (Lipinski definition) is 1. The molecule has 0 aliphatic rings. The van der Waals surface area contributed by atoms with Crippen LogP contribution in [0, 0.1) is 6.92 Å². The molecule has 0 fully saturated rings. The molecule has 0 amide bonds. The molecule has 0 heterocycles. The zero-order chi connectivity index (χ0) is 8.43. The minimum Gasteiger partial charge on any atom is -0.324 e. The molecule has 0 unspecified atom stereocenters. The van der Waals surface area contributed by atoms with Gasteiger partial charge in [0, 0.05) is 11.1 Å². The molecule has 2 N–H and O–H groups in total. The maximum atomic E-state index is 5.81. The fourth-order valence-electron chi connectivity index (χ4n) is 1.10. The van der Waals surface area contributed by atoms with Crippen molar-refractivity contribution in [3.8, 4) is 0 Å². The third-order valence-corrected chi connectivity index (χ3v) is 1.97. The van der Waals surface area contributed by atoms with E-state index >= 15 is 0 Å². The standard InChI is InChI=1S/C9H12ClN/c1-6-3-4-8(10)5-9(6)7(2)11/h3-5,7H,11H2,1-2H3/t7-/m0/s1. The first-order valence-electron chi connectivity index (χ1n) is 3.63. The molecule has 2 heteroatoms. The van der Waals surface area contributed by atoms with Gasteiger partial charge in [0.05, 0.1) is 0 Å². The summed E-state index contributed by atoms with van der Waals surface area (Å²) in [5.74, 6) is 0.